The van der Waals surface area contributed by atoms with Gasteiger partial charge in [-0.25, -0.2) is 18.4 Å². The highest BCUT2D eigenvalue weighted by Crippen LogP contribution is 2.17. The van der Waals surface area contributed by atoms with E-state index >= 15 is 0 Å². The van der Waals surface area contributed by atoms with E-state index in [1.807, 2.05) is 0 Å². The highest BCUT2D eigenvalue weighted by molar-refractivity contribution is 7.89. The van der Waals surface area contributed by atoms with E-state index in [9.17, 15) is 22.8 Å². The van der Waals surface area contributed by atoms with Gasteiger partial charge in [0, 0.05) is 25.1 Å². The Morgan fingerprint density at radius 2 is 1.96 bits per heavy atom. The average molecular weight is 384 g/mol. The van der Waals surface area contributed by atoms with E-state index < -0.39 is 21.7 Å². The van der Waals surface area contributed by atoms with E-state index in [0.717, 1.165) is 6.07 Å². The number of oxazole rings is 1. The third-order valence-corrected chi connectivity index (χ3v) is 4.34. The third kappa shape index (κ3) is 4.92. The minimum atomic E-state index is -3.92. The maximum Gasteiger partial charge on any atom is 0.419 e. The first kappa shape index (κ1) is 19.7. The molecule has 0 fully saturated rings. The lowest BCUT2D eigenvalue weighted by Gasteiger charge is -2.09. The molecule has 11 heteroatoms. The lowest BCUT2D eigenvalue weighted by atomic mass is 10.3. The molecule has 0 bridgehead atoms. The van der Waals surface area contributed by atoms with Crippen LogP contribution in [0.1, 0.15) is 20.3 Å². The Labute approximate surface area is 149 Å². The zero-order valence-electron chi connectivity index (χ0n) is 14.3. The lowest BCUT2D eigenvalue weighted by Crippen LogP contribution is -2.40. The van der Waals surface area contributed by atoms with Gasteiger partial charge in [-0.05, 0) is 26.0 Å². The van der Waals surface area contributed by atoms with Gasteiger partial charge >= 0.3 is 5.76 Å². The van der Waals surface area contributed by atoms with Crippen LogP contribution in [0.5, 0.6) is 0 Å². The van der Waals surface area contributed by atoms with Crippen LogP contribution in [-0.4, -0.2) is 37.4 Å². The molecule has 0 unspecified atom stereocenters. The molecule has 2 amide bonds. The number of hydrogen-bond acceptors (Lipinski definition) is 6. The van der Waals surface area contributed by atoms with Crippen molar-refractivity contribution in [3.63, 3.8) is 0 Å². The number of sulfonamides is 1. The number of amides is 2. The number of nitrogens with two attached hydrogens (primary N) is 1. The van der Waals surface area contributed by atoms with Gasteiger partial charge in [0.1, 0.15) is 0 Å². The van der Waals surface area contributed by atoms with Gasteiger partial charge in [0.2, 0.25) is 21.8 Å². The minimum absolute atomic E-state index is 0.0121. The Bertz CT molecular complexity index is 989. The summed E-state index contributed by atoms with van der Waals surface area (Å²) in [6.07, 6.45) is -0.0551. The van der Waals surface area contributed by atoms with Gasteiger partial charge in [-0.1, -0.05) is 0 Å². The molecule has 1 aromatic heterocycles. The number of benzene rings is 1. The predicted molar refractivity (Wildman–Crippen MR) is 92.8 cm³/mol. The quantitative estimate of drug-likeness (QED) is 0.572. The molecule has 10 nitrogen and oxygen atoms in total. The maximum absolute atomic E-state index is 11.9. The molecular weight excluding hydrogens is 364 g/mol. The lowest BCUT2D eigenvalue weighted by molar-refractivity contribution is -0.126. The largest absolute Gasteiger partial charge is 0.419 e. The van der Waals surface area contributed by atoms with Crippen LogP contribution in [0.25, 0.3) is 11.1 Å². The van der Waals surface area contributed by atoms with Crippen LogP contribution in [-0.2, 0) is 26.2 Å². The van der Waals surface area contributed by atoms with E-state index in [1.54, 1.807) is 13.8 Å². The molecule has 0 radical (unpaired) electrons. The first-order chi connectivity index (χ1) is 12.1. The SMILES string of the molecule is CC(C)NC(=O)CNC(=O)CCn1c(=O)oc2cc(S(N)(=O)=O)ccc21. The fraction of sp³-hybridized carbons (Fsp3) is 0.400. The van der Waals surface area contributed by atoms with Crippen molar-refractivity contribution in [3.8, 4) is 0 Å². The highest BCUT2D eigenvalue weighted by atomic mass is 32.2. The summed E-state index contributed by atoms with van der Waals surface area (Å²) in [5, 5.41) is 10.1. The van der Waals surface area contributed by atoms with Crippen molar-refractivity contribution in [2.24, 2.45) is 5.14 Å². The Kier molecular flexibility index (Phi) is 5.83. The number of aromatic nitrogens is 1. The van der Waals surface area contributed by atoms with E-state index in [1.165, 1.54) is 16.7 Å². The number of nitrogens with zero attached hydrogens (tertiary/aromatic N) is 1. The summed E-state index contributed by atoms with van der Waals surface area (Å²) in [4.78, 5) is 35.0. The molecule has 0 saturated heterocycles. The molecule has 0 aliphatic heterocycles. The molecule has 0 aliphatic carbocycles. The zero-order chi connectivity index (χ0) is 19.5. The van der Waals surface area contributed by atoms with Gasteiger partial charge < -0.3 is 15.1 Å². The Morgan fingerprint density at radius 3 is 2.58 bits per heavy atom. The van der Waals surface area contributed by atoms with Crippen LogP contribution >= 0.6 is 0 Å². The van der Waals surface area contributed by atoms with Crippen molar-refractivity contribution in [1.29, 1.82) is 0 Å². The van der Waals surface area contributed by atoms with Crippen LogP contribution in [0.4, 0.5) is 0 Å². The minimum Gasteiger partial charge on any atom is -0.408 e. The van der Waals surface area contributed by atoms with E-state index in [0.29, 0.717) is 5.52 Å². The van der Waals surface area contributed by atoms with Crippen LogP contribution in [0.15, 0.2) is 32.3 Å². The zero-order valence-corrected chi connectivity index (χ0v) is 15.1. The second-order valence-corrected chi connectivity index (χ2v) is 7.50. The number of nitrogens with one attached hydrogen (secondary N) is 2. The molecule has 2 rings (SSSR count). The molecule has 0 spiro atoms. The molecule has 1 aromatic carbocycles. The van der Waals surface area contributed by atoms with Crippen molar-refractivity contribution in [2.45, 2.75) is 37.8 Å². The molecule has 0 atom stereocenters. The first-order valence-corrected chi connectivity index (χ1v) is 9.35. The van der Waals surface area contributed by atoms with Crippen molar-refractivity contribution < 1.29 is 22.4 Å². The molecule has 0 aliphatic rings. The molecule has 2 aromatic rings. The molecule has 26 heavy (non-hydrogen) atoms. The predicted octanol–water partition coefficient (Wildman–Crippen LogP) is -0.727. The molecule has 1 heterocycles. The number of aryl methyl sites for hydroxylation is 1. The van der Waals surface area contributed by atoms with E-state index in [-0.39, 0.29) is 41.9 Å². The van der Waals surface area contributed by atoms with Crippen LogP contribution in [0.3, 0.4) is 0 Å². The number of primary sulfonamides is 1. The van der Waals surface area contributed by atoms with Gasteiger partial charge in [-0.3, -0.25) is 14.2 Å². The number of fused-ring (bicyclic) bond motifs is 1. The van der Waals surface area contributed by atoms with Crippen molar-refractivity contribution in [1.82, 2.24) is 15.2 Å². The van der Waals surface area contributed by atoms with E-state index in [2.05, 4.69) is 10.6 Å². The first-order valence-electron chi connectivity index (χ1n) is 7.80. The van der Waals surface area contributed by atoms with Crippen LogP contribution in [0.2, 0.25) is 0 Å². The topological polar surface area (TPSA) is 154 Å². The monoisotopic (exact) mass is 384 g/mol. The summed E-state index contributed by atoms with van der Waals surface area (Å²) in [5.41, 5.74) is 0.394. The van der Waals surface area contributed by atoms with Crippen molar-refractivity contribution >= 4 is 32.9 Å². The summed E-state index contributed by atoms with van der Waals surface area (Å²) in [6.45, 7) is 3.46. The van der Waals surface area contributed by atoms with E-state index in [4.69, 9.17) is 9.56 Å². The number of carbonyl (C=O) groups is 2. The Balaban J connectivity index is 2.05. The smallest absolute Gasteiger partial charge is 0.408 e. The summed E-state index contributed by atoms with van der Waals surface area (Å²) in [5.74, 6) is -1.45. The number of carbonyl (C=O) groups excluding carboxylic acids is 2. The Morgan fingerprint density at radius 1 is 1.27 bits per heavy atom. The van der Waals surface area contributed by atoms with Crippen LogP contribution < -0.4 is 21.5 Å². The van der Waals surface area contributed by atoms with Gasteiger partial charge in [0.05, 0.1) is 17.0 Å². The average Bonchev–Trinajstić information content (AvgIpc) is 2.84. The third-order valence-electron chi connectivity index (χ3n) is 3.43. The summed E-state index contributed by atoms with van der Waals surface area (Å²) in [6, 6.07) is 3.75. The number of rotatable bonds is 7. The highest BCUT2D eigenvalue weighted by Gasteiger charge is 2.15. The van der Waals surface area contributed by atoms with Gasteiger partial charge in [-0.2, -0.15) is 0 Å². The second kappa shape index (κ2) is 7.70. The number of hydrogen-bond donors (Lipinski definition) is 3. The molecule has 4 N–H and O–H groups in total. The fourth-order valence-electron chi connectivity index (χ4n) is 2.29. The summed E-state index contributed by atoms with van der Waals surface area (Å²) >= 11 is 0. The van der Waals surface area contributed by atoms with Crippen molar-refractivity contribution in [3.05, 3.63) is 28.7 Å². The maximum atomic E-state index is 11.9. The van der Waals surface area contributed by atoms with Crippen molar-refractivity contribution in [2.75, 3.05) is 6.54 Å². The second-order valence-electron chi connectivity index (χ2n) is 5.94. The normalized spacial score (nSPS) is 11.7. The summed E-state index contributed by atoms with van der Waals surface area (Å²) in [7, 11) is -3.92. The van der Waals surface area contributed by atoms with Gasteiger partial charge in [-0.15, -0.1) is 0 Å². The molecular formula is C15H20N4O6S. The summed E-state index contributed by atoms with van der Waals surface area (Å²) < 4.78 is 28.9. The molecule has 142 valence electrons. The molecule has 0 saturated carbocycles. The van der Waals surface area contributed by atoms with Crippen LogP contribution in [0, 0.1) is 0 Å². The van der Waals surface area contributed by atoms with Gasteiger partial charge in [0.25, 0.3) is 0 Å². The Hall–Kier alpha value is -2.66. The fourth-order valence-corrected chi connectivity index (χ4v) is 2.82. The van der Waals surface area contributed by atoms with Gasteiger partial charge in [0.15, 0.2) is 5.58 Å². The standard InChI is InChI=1S/C15H20N4O6S/c1-9(2)18-14(21)8-17-13(20)5-6-19-11-4-3-10(26(16,23)24)7-12(11)25-15(19)22/h3-4,7,9H,5-6,8H2,1-2H3,(H,17,20)(H,18,21)(H2,16,23,24).